The summed E-state index contributed by atoms with van der Waals surface area (Å²) < 4.78 is 0. The van der Waals surface area contributed by atoms with Gasteiger partial charge in [-0.25, -0.2) is 0 Å². The zero-order valence-electron chi connectivity index (χ0n) is 5.07. The maximum atomic E-state index is 8.04. The summed E-state index contributed by atoms with van der Waals surface area (Å²) in [6, 6.07) is 1.97. The van der Waals surface area contributed by atoms with Crippen LogP contribution in [-0.4, -0.2) is 13.1 Å². The van der Waals surface area contributed by atoms with Crippen molar-refractivity contribution in [1.29, 1.82) is 5.26 Å². The van der Waals surface area contributed by atoms with Crippen LogP contribution in [-0.2, 0) is 0 Å². The third-order valence-electron chi connectivity index (χ3n) is 0.631. The number of hydrogen-bond acceptors (Lipinski definition) is 2. The van der Waals surface area contributed by atoms with Crippen LogP contribution < -0.4 is 5.32 Å². The zero-order valence-corrected chi connectivity index (χ0v) is 5.07. The van der Waals surface area contributed by atoms with Crippen molar-refractivity contribution in [2.45, 2.75) is 6.92 Å². The summed E-state index contributed by atoms with van der Waals surface area (Å²) in [6.07, 6.45) is 0. The monoisotopic (exact) mass is 110 g/mol. The largest absolute Gasteiger partial charge is 0.301 e. The van der Waals surface area contributed by atoms with Gasteiger partial charge in [0.15, 0.2) is 0 Å². The lowest BCUT2D eigenvalue weighted by Gasteiger charge is -1.94. The van der Waals surface area contributed by atoms with Gasteiger partial charge in [0, 0.05) is 6.54 Å². The molecular formula is C6H10N2. The predicted octanol–water partition coefficient (Wildman–Crippen LogP) is 0.676. The molecule has 44 valence electrons. The van der Waals surface area contributed by atoms with Gasteiger partial charge in [0.25, 0.3) is 0 Å². The van der Waals surface area contributed by atoms with E-state index >= 15 is 0 Å². The minimum absolute atomic E-state index is 0.410. The second kappa shape index (κ2) is 4.35. The molecule has 0 aromatic rings. The maximum absolute atomic E-state index is 8.04. The van der Waals surface area contributed by atoms with Crippen molar-refractivity contribution >= 4 is 0 Å². The topological polar surface area (TPSA) is 35.8 Å². The van der Waals surface area contributed by atoms with Crippen LogP contribution in [0.2, 0.25) is 0 Å². The van der Waals surface area contributed by atoms with Crippen molar-refractivity contribution in [1.82, 2.24) is 5.32 Å². The highest BCUT2D eigenvalue weighted by atomic mass is 14.8. The zero-order chi connectivity index (χ0) is 6.41. The first-order valence-electron chi connectivity index (χ1n) is 2.49. The number of hydrogen-bond donors (Lipinski definition) is 1. The molecular weight excluding hydrogens is 100 g/mol. The molecule has 0 saturated carbocycles. The normalized spacial score (nSPS) is 8.00. The van der Waals surface area contributed by atoms with E-state index in [1.165, 1.54) is 0 Å². The summed E-state index contributed by atoms with van der Waals surface area (Å²) in [5.74, 6) is 0. The molecule has 0 aliphatic carbocycles. The molecule has 0 spiro atoms. The van der Waals surface area contributed by atoms with Crippen molar-refractivity contribution < 1.29 is 0 Å². The van der Waals surface area contributed by atoms with Gasteiger partial charge in [-0.1, -0.05) is 12.2 Å². The Bertz CT molecular complexity index is 110. The SMILES string of the molecule is C=C(C)CNCC#N. The minimum atomic E-state index is 0.410. The van der Waals surface area contributed by atoms with E-state index in [9.17, 15) is 0 Å². The standard InChI is InChI=1S/C6H10N2/c1-6(2)5-8-4-3-7/h8H,1,4-5H2,2H3. The van der Waals surface area contributed by atoms with Gasteiger partial charge in [-0.05, 0) is 6.92 Å². The summed E-state index contributed by atoms with van der Waals surface area (Å²) in [7, 11) is 0. The highest BCUT2D eigenvalue weighted by molar-refractivity contribution is 4.91. The van der Waals surface area contributed by atoms with E-state index in [4.69, 9.17) is 5.26 Å². The molecule has 0 aliphatic heterocycles. The van der Waals surface area contributed by atoms with E-state index in [1.54, 1.807) is 0 Å². The van der Waals surface area contributed by atoms with Gasteiger partial charge in [-0.3, -0.25) is 0 Å². The molecule has 8 heavy (non-hydrogen) atoms. The fourth-order valence-electron chi connectivity index (χ4n) is 0.332. The van der Waals surface area contributed by atoms with Crippen LogP contribution in [0.25, 0.3) is 0 Å². The van der Waals surface area contributed by atoms with E-state index in [0.29, 0.717) is 6.54 Å². The Balaban J connectivity index is 2.97. The van der Waals surface area contributed by atoms with Crippen LogP contribution >= 0.6 is 0 Å². The van der Waals surface area contributed by atoms with Crippen LogP contribution in [0.15, 0.2) is 12.2 Å². The Kier molecular flexibility index (Phi) is 3.91. The van der Waals surface area contributed by atoms with Crippen LogP contribution in [0, 0.1) is 11.3 Å². The van der Waals surface area contributed by atoms with Crippen molar-refractivity contribution in [3.05, 3.63) is 12.2 Å². The van der Waals surface area contributed by atoms with Gasteiger partial charge >= 0.3 is 0 Å². The number of nitrogens with zero attached hydrogens (tertiary/aromatic N) is 1. The number of nitrogens with one attached hydrogen (secondary N) is 1. The Morgan fingerprint density at radius 3 is 2.88 bits per heavy atom. The van der Waals surface area contributed by atoms with Gasteiger partial charge in [0.1, 0.15) is 0 Å². The Labute approximate surface area is 49.8 Å². The molecule has 1 N–H and O–H groups in total. The number of rotatable bonds is 3. The van der Waals surface area contributed by atoms with Crippen LogP contribution in [0.5, 0.6) is 0 Å². The Hall–Kier alpha value is -0.810. The average molecular weight is 110 g/mol. The first-order valence-corrected chi connectivity index (χ1v) is 2.49. The maximum Gasteiger partial charge on any atom is 0.0843 e. The molecule has 0 aromatic heterocycles. The predicted molar refractivity (Wildman–Crippen MR) is 33.3 cm³/mol. The van der Waals surface area contributed by atoms with E-state index in [2.05, 4.69) is 11.9 Å². The Morgan fingerprint density at radius 1 is 1.88 bits per heavy atom. The summed E-state index contributed by atoms with van der Waals surface area (Å²) in [4.78, 5) is 0. The summed E-state index contributed by atoms with van der Waals surface area (Å²) >= 11 is 0. The first kappa shape index (κ1) is 7.19. The fourth-order valence-corrected chi connectivity index (χ4v) is 0.332. The second-order valence-electron chi connectivity index (χ2n) is 1.72. The van der Waals surface area contributed by atoms with Gasteiger partial charge in [0.2, 0.25) is 0 Å². The van der Waals surface area contributed by atoms with E-state index in [0.717, 1.165) is 12.1 Å². The molecule has 0 heterocycles. The lowest BCUT2D eigenvalue weighted by atomic mass is 10.3. The molecule has 0 aliphatic rings. The second-order valence-corrected chi connectivity index (χ2v) is 1.72. The molecule has 2 nitrogen and oxygen atoms in total. The van der Waals surface area contributed by atoms with Gasteiger partial charge in [-0.15, -0.1) is 0 Å². The average Bonchev–Trinajstić information content (AvgIpc) is 1.66. The summed E-state index contributed by atoms with van der Waals surface area (Å²) in [5, 5.41) is 10.9. The molecule has 0 unspecified atom stereocenters. The third kappa shape index (κ3) is 5.19. The van der Waals surface area contributed by atoms with Crippen molar-refractivity contribution in [3.63, 3.8) is 0 Å². The van der Waals surface area contributed by atoms with Crippen LogP contribution in [0.3, 0.4) is 0 Å². The molecule has 0 rings (SSSR count). The first-order chi connectivity index (χ1) is 3.77. The highest BCUT2D eigenvalue weighted by Crippen LogP contribution is 1.78. The van der Waals surface area contributed by atoms with Crippen LogP contribution in [0.4, 0.5) is 0 Å². The van der Waals surface area contributed by atoms with E-state index in [-0.39, 0.29) is 0 Å². The van der Waals surface area contributed by atoms with Gasteiger partial charge in [-0.2, -0.15) is 5.26 Å². The molecule has 0 amide bonds. The summed E-state index contributed by atoms with van der Waals surface area (Å²) in [6.45, 7) is 6.73. The van der Waals surface area contributed by atoms with Crippen molar-refractivity contribution in [3.8, 4) is 6.07 Å². The number of nitriles is 1. The van der Waals surface area contributed by atoms with Crippen molar-refractivity contribution in [2.24, 2.45) is 0 Å². The molecule has 0 radical (unpaired) electrons. The van der Waals surface area contributed by atoms with Gasteiger partial charge in [0.05, 0.1) is 12.6 Å². The molecule has 0 bridgehead atoms. The smallest absolute Gasteiger partial charge is 0.0843 e. The third-order valence-corrected chi connectivity index (χ3v) is 0.631. The molecule has 0 atom stereocenters. The van der Waals surface area contributed by atoms with Crippen LogP contribution in [0.1, 0.15) is 6.92 Å². The lowest BCUT2D eigenvalue weighted by molar-refractivity contribution is 0.823. The highest BCUT2D eigenvalue weighted by Gasteiger charge is 1.81. The molecule has 0 fully saturated rings. The molecule has 0 aromatic carbocycles. The summed E-state index contributed by atoms with van der Waals surface area (Å²) in [5.41, 5.74) is 1.06. The van der Waals surface area contributed by atoms with Crippen molar-refractivity contribution in [2.75, 3.05) is 13.1 Å². The van der Waals surface area contributed by atoms with Gasteiger partial charge < -0.3 is 5.32 Å². The molecule has 0 saturated heterocycles. The fraction of sp³-hybridized carbons (Fsp3) is 0.500. The Morgan fingerprint density at radius 2 is 2.50 bits per heavy atom. The van der Waals surface area contributed by atoms with E-state index in [1.807, 2.05) is 13.0 Å². The molecule has 2 heteroatoms. The lowest BCUT2D eigenvalue weighted by Crippen LogP contribution is -2.15. The minimum Gasteiger partial charge on any atom is -0.301 e. The quantitative estimate of drug-likeness (QED) is 0.329. The van der Waals surface area contributed by atoms with E-state index < -0.39 is 0 Å².